The van der Waals surface area contributed by atoms with Crippen LogP contribution in [0.4, 0.5) is 0 Å². The van der Waals surface area contributed by atoms with E-state index in [1.54, 1.807) is 0 Å². The van der Waals surface area contributed by atoms with E-state index in [2.05, 4.69) is 11.2 Å². The molecule has 0 amide bonds. The van der Waals surface area contributed by atoms with Crippen molar-refractivity contribution in [2.75, 3.05) is 6.54 Å². The summed E-state index contributed by atoms with van der Waals surface area (Å²) in [7, 11) is 0. The van der Waals surface area contributed by atoms with E-state index in [9.17, 15) is 10.0 Å². The molecule has 1 aromatic carbocycles. The monoisotopic (exact) mass is 292 g/mol. The molecule has 0 bridgehead atoms. The van der Waals surface area contributed by atoms with Crippen LogP contribution >= 0.6 is 0 Å². The average Bonchev–Trinajstić information content (AvgIpc) is 2.48. The summed E-state index contributed by atoms with van der Waals surface area (Å²) in [5, 5.41) is 13.4. The first-order valence-electron chi connectivity index (χ1n) is 7.84. The summed E-state index contributed by atoms with van der Waals surface area (Å²) in [4.78, 5) is 11.0. The third-order valence-electron chi connectivity index (χ3n) is 4.04. The molecular formula is C17H28N2O2. The normalized spacial score (nSPS) is 15.4. The van der Waals surface area contributed by atoms with E-state index in [1.807, 2.05) is 32.0 Å². The Bertz CT molecular complexity index is 423. The fraction of sp³-hybridized carbons (Fsp3) is 0.647. The smallest absolute Gasteiger partial charge is 0.118 e. The highest BCUT2D eigenvalue weighted by Gasteiger charge is 2.25. The number of nitrogens with zero attached hydrogens (tertiary/aromatic N) is 1. The van der Waals surface area contributed by atoms with Crippen LogP contribution in [0.25, 0.3) is 0 Å². The fourth-order valence-electron chi connectivity index (χ4n) is 2.63. The van der Waals surface area contributed by atoms with Crippen LogP contribution in [0.1, 0.15) is 43.7 Å². The number of unbranched alkanes of at least 4 members (excludes halogenated alkanes) is 1. The van der Waals surface area contributed by atoms with Crippen molar-refractivity contribution in [1.82, 2.24) is 0 Å². The number of aliphatic hydroxyl groups excluding tert-OH is 1. The highest BCUT2D eigenvalue weighted by molar-refractivity contribution is 5.22. The number of benzene rings is 1. The van der Waals surface area contributed by atoms with Gasteiger partial charge in [0.25, 0.3) is 0 Å². The Morgan fingerprint density at radius 2 is 2.05 bits per heavy atom. The first-order chi connectivity index (χ1) is 10.1. The molecule has 4 nitrogen and oxygen atoms in total. The molecule has 0 saturated heterocycles. The molecule has 118 valence electrons. The van der Waals surface area contributed by atoms with Crippen molar-refractivity contribution < 1.29 is 5.11 Å². The molecule has 21 heavy (non-hydrogen) atoms. The Labute approximate surface area is 127 Å². The second kappa shape index (κ2) is 9.64. The van der Waals surface area contributed by atoms with E-state index in [0.717, 1.165) is 25.7 Å². The number of aliphatic hydroxyl groups is 1. The zero-order valence-electron chi connectivity index (χ0n) is 13.2. The van der Waals surface area contributed by atoms with Gasteiger partial charge in [-0.1, -0.05) is 48.4 Å². The van der Waals surface area contributed by atoms with Crippen molar-refractivity contribution in [2.24, 2.45) is 16.8 Å². The van der Waals surface area contributed by atoms with Gasteiger partial charge < -0.3 is 10.8 Å². The summed E-state index contributed by atoms with van der Waals surface area (Å²) in [5.41, 5.74) is 7.86. The molecule has 0 spiro atoms. The van der Waals surface area contributed by atoms with Crippen molar-refractivity contribution in [2.45, 2.75) is 58.1 Å². The SMILES string of the molecule is Cc1cccc(CCC(N=O)C(O)C(C)CCCCN)c1. The van der Waals surface area contributed by atoms with Gasteiger partial charge in [0.05, 0.1) is 6.10 Å². The quantitative estimate of drug-likeness (QED) is 0.513. The molecule has 1 rings (SSSR count). The molecule has 1 aromatic rings. The predicted octanol–water partition coefficient (Wildman–Crippen LogP) is 3.19. The maximum absolute atomic E-state index is 11.0. The molecule has 0 fully saturated rings. The molecule has 3 unspecified atom stereocenters. The van der Waals surface area contributed by atoms with Crippen molar-refractivity contribution in [1.29, 1.82) is 0 Å². The van der Waals surface area contributed by atoms with Gasteiger partial charge in [-0.25, -0.2) is 0 Å². The number of aryl methyl sites for hydroxylation is 2. The standard InChI is InChI=1S/C17H28N2O2/c1-13-6-5-8-15(12-13)9-10-16(19-21)17(20)14(2)7-3-4-11-18/h5-6,8,12,14,16-17,20H,3-4,7,9-11,18H2,1-2H3. The molecule has 4 heteroatoms. The number of hydrogen-bond donors (Lipinski definition) is 2. The number of nitrogens with two attached hydrogens (primary N) is 1. The molecule has 0 aromatic heterocycles. The summed E-state index contributed by atoms with van der Waals surface area (Å²) >= 11 is 0. The molecular weight excluding hydrogens is 264 g/mol. The molecule has 0 aliphatic carbocycles. The molecule has 3 N–H and O–H groups in total. The highest BCUT2D eigenvalue weighted by Crippen LogP contribution is 2.20. The van der Waals surface area contributed by atoms with E-state index >= 15 is 0 Å². The van der Waals surface area contributed by atoms with E-state index in [0.29, 0.717) is 13.0 Å². The maximum Gasteiger partial charge on any atom is 0.118 e. The van der Waals surface area contributed by atoms with E-state index < -0.39 is 12.1 Å². The van der Waals surface area contributed by atoms with Crippen LogP contribution in [-0.4, -0.2) is 23.8 Å². The van der Waals surface area contributed by atoms with Crippen LogP contribution in [0.5, 0.6) is 0 Å². The zero-order chi connectivity index (χ0) is 15.7. The van der Waals surface area contributed by atoms with Crippen LogP contribution in [0, 0.1) is 17.7 Å². The molecule has 0 radical (unpaired) electrons. The summed E-state index contributed by atoms with van der Waals surface area (Å²) in [6, 6.07) is 7.69. The van der Waals surface area contributed by atoms with Gasteiger partial charge >= 0.3 is 0 Å². The summed E-state index contributed by atoms with van der Waals surface area (Å²) in [5.74, 6) is 0.0803. The topological polar surface area (TPSA) is 75.7 Å². The van der Waals surface area contributed by atoms with E-state index in [1.165, 1.54) is 11.1 Å². The lowest BCUT2D eigenvalue weighted by Gasteiger charge is -2.23. The van der Waals surface area contributed by atoms with Crippen LogP contribution < -0.4 is 5.73 Å². The summed E-state index contributed by atoms with van der Waals surface area (Å²) in [6.07, 6.45) is 3.53. The van der Waals surface area contributed by atoms with Gasteiger partial charge in [0.15, 0.2) is 0 Å². The summed E-state index contributed by atoms with van der Waals surface area (Å²) < 4.78 is 0. The highest BCUT2D eigenvalue weighted by atomic mass is 16.3. The number of rotatable bonds is 10. The van der Waals surface area contributed by atoms with Crippen molar-refractivity contribution >= 4 is 0 Å². The first-order valence-corrected chi connectivity index (χ1v) is 7.84. The summed E-state index contributed by atoms with van der Waals surface area (Å²) in [6.45, 7) is 4.70. The second-order valence-corrected chi connectivity index (χ2v) is 5.95. The van der Waals surface area contributed by atoms with Gasteiger partial charge in [-0.2, -0.15) is 4.91 Å². The lowest BCUT2D eigenvalue weighted by molar-refractivity contribution is 0.0819. The minimum absolute atomic E-state index is 0.0803. The lowest BCUT2D eigenvalue weighted by atomic mass is 9.90. The van der Waals surface area contributed by atoms with Crippen molar-refractivity contribution in [3.63, 3.8) is 0 Å². The number of nitroso groups, excluding NO2 is 1. The lowest BCUT2D eigenvalue weighted by Crippen LogP contribution is -2.31. The third-order valence-corrected chi connectivity index (χ3v) is 4.04. The largest absolute Gasteiger partial charge is 0.390 e. The fourth-order valence-corrected chi connectivity index (χ4v) is 2.63. The first kappa shape index (κ1) is 17.8. The Hall–Kier alpha value is -1.26. The van der Waals surface area contributed by atoms with Crippen LogP contribution in [0.3, 0.4) is 0 Å². The Balaban J connectivity index is 2.47. The third kappa shape index (κ3) is 6.36. The van der Waals surface area contributed by atoms with Gasteiger partial charge in [-0.15, -0.1) is 0 Å². The van der Waals surface area contributed by atoms with Crippen LogP contribution in [-0.2, 0) is 6.42 Å². The number of hydrogen-bond acceptors (Lipinski definition) is 4. The van der Waals surface area contributed by atoms with Gasteiger partial charge in [0.1, 0.15) is 6.04 Å². The van der Waals surface area contributed by atoms with Crippen LogP contribution in [0.2, 0.25) is 0 Å². The Kier molecular flexibility index (Phi) is 8.16. The van der Waals surface area contributed by atoms with Gasteiger partial charge in [-0.3, -0.25) is 0 Å². The maximum atomic E-state index is 11.0. The average molecular weight is 292 g/mol. The van der Waals surface area contributed by atoms with Gasteiger partial charge in [0, 0.05) is 0 Å². The molecule has 0 aliphatic heterocycles. The molecule has 3 atom stereocenters. The minimum Gasteiger partial charge on any atom is -0.390 e. The molecule has 0 saturated carbocycles. The van der Waals surface area contributed by atoms with E-state index in [-0.39, 0.29) is 5.92 Å². The van der Waals surface area contributed by atoms with Crippen LogP contribution in [0.15, 0.2) is 29.4 Å². The zero-order valence-corrected chi connectivity index (χ0v) is 13.2. The van der Waals surface area contributed by atoms with Crippen molar-refractivity contribution in [3.8, 4) is 0 Å². The minimum atomic E-state index is -0.662. The second-order valence-electron chi connectivity index (χ2n) is 5.95. The molecule has 0 aliphatic rings. The Morgan fingerprint density at radius 1 is 1.29 bits per heavy atom. The van der Waals surface area contributed by atoms with Crippen molar-refractivity contribution in [3.05, 3.63) is 40.3 Å². The van der Waals surface area contributed by atoms with E-state index in [4.69, 9.17) is 5.73 Å². The van der Waals surface area contributed by atoms with Gasteiger partial charge in [-0.05, 0) is 50.6 Å². The molecule has 0 heterocycles. The predicted molar refractivity (Wildman–Crippen MR) is 87.2 cm³/mol. The Morgan fingerprint density at radius 3 is 2.67 bits per heavy atom. The van der Waals surface area contributed by atoms with Gasteiger partial charge in [0.2, 0.25) is 0 Å².